The summed E-state index contributed by atoms with van der Waals surface area (Å²) in [6.45, 7) is -1.58. The summed E-state index contributed by atoms with van der Waals surface area (Å²) in [4.78, 5) is 12.7. The molecular weight excluding hydrogens is 301 g/mol. The molecular formula is C14H13F3N2OS. The zero-order chi connectivity index (χ0) is 15.3. The lowest BCUT2D eigenvalue weighted by Gasteiger charge is -2.11. The molecule has 0 fully saturated rings. The van der Waals surface area contributed by atoms with Crippen molar-refractivity contribution in [2.45, 2.75) is 6.18 Å². The number of anilines is 1. The molecule has 7 heteroatoms. The normalized spacial score (nSPS) is 11.4. The number of hydrogen-bond donors (Lipinski definition) is 2. The summed E-state index contributed by atoms with van der Waals surface area (Å²) >= 11 is 1.52. The monoisotopic (exact) mass is 314 g/mol. The molecule has 2 N–H and O–H groups in total. The summed E-state index contributed by atoms with van der Waals surface area (Å²) in [6.07, 6.45) is -4.32. The van der Waals surface area contributed by atoms with Gasteiger partial charge in [-0.3, -0.25) is 4.79 Å². The van der Waals surface area contributed by atoms with E-state index in [2.05, 4.69) is 10.6 Å². The Bertz CT molecular complexity index is 597. The molecule has 112 valence electrons. The van der Waals surface area contributed by atoms with Crippen LogP contribution in [-0.4, -0.2) is 25.2 Å². The Labute approximate surface area is 123 Å². The minimum Gasteiger partial charge on any atom is -0.324 e. The van der Waals surface area contributed by atoms with Crippen molar-refractivity contribution in [3.05, 3.63) is 41.8 Å². The van der Waals surface area contributed by atoms with Gasteiger partial charge in [-0.15, -0.1) is 11.3 Å². The first-order valence-corrected chi connectivity index (χ1v) is 7.04. The SMILES string of the molecule is O=C(CNCC(F)(F)F)Nc1ccccc1-c1cccs1. The molecule has 1 aromatic heterocycles. The van der Waals surface area contributed by atoms with Gasteiger partial charge in [0.1, 0.15) is 0 Å². The lowest BCUT2D eigenvalue weighted by atomic mass is 10.1. The third-order valence-corrected chi connectivity index (χ3v) is 3.50. The number of amides is 1. The third kappa shape index (κ3) is 4.87. The van der Waals surface area contributed by atoms with Crippen LogP contribution in [0.3, 0.4) is 0 Å². The van der Waals surface area contributed by atoms with Crippen LogP contribution in [0.25, 0.3) is 10.4 Å². The molecule has 0 aliphatic carbocycles. The Morgan fingerprint density at radius 3 is 2.57 bits per heavy atom. The van der Waals surface area contributed by atoms with Crippen molar-refractivity contribution in [2.24, 2.45) is 0 Å². The van der Waals surface area contributed by atoms with Crippen molar-refractivity contribution in [3.63, 3.8) is 0 Å². The fourth-order valence-electron chi connectivity index (χ4n) is 1.75. The predicted octanol–water partition coefficient (Wildman–Crippen LogP) is 3.51. The van der Waals surface area contributed by atoms with Crippen LogP contribution in [0.2, 0.25) is 0 Å². The minimum absolute atomic E-state index is 0.391. The standard InChI is InChI=1S/C14H13F3N2OS/c15-14(16,17)9-18-8-13(20)19-11-5-2-1-4-10(11)12-6-3-7-21-12/h1-7,18H,8-9H2,(H,19,20). The molecule has 0 unspecified atom stereocenters. The first-order chi connectivity index (χ1) is 9.96. The summed E-state index contributed by atoms with van der Waals surface area (Å²) < 4.78 is 36.0. The van der Waals surface area contributed by atoms with Crippen molar-refractivity contribution in [2.75, 3.05) is 18.4 Å². The van der Waals surface area contributed by atoms with Gasteiger partial charge in [0.05, 0.1) is 13.1 Å². The summed E-state index contributed by atoms with van der Waals surface area (Å²) in [5.41, 5.74) is 1.43. The molecule has 1 aromatic carbocycles. The fourth-order valence-corrected chi connectivity index (χ4v) is 2.52. The number of nitrogens with one attached hydrogen (secondary N) is 2. The molecule has 0 aliphatic rings. The van der Waals surface area contributed by atoms with Gasteiger partial charge in [0.25, 0.3) is 0 Å². The molecule has 0 spiro atoms. The zero-order valence-electron chi connectivity index (χ0n) is 10.9. The van der Waals surface area contributed by atoms with Crippen molar-refractivity contribution < 1.29 is 18.0 Å². The summed E-state index contributed by atoms with van der Waals surface area (Å²) in [5.74, 6) is -0.511. The second-order valence-corrected chi connectivity index (χ2v) is 5.24. The van der Waals surface area contributed by atoms with Crippen molar-refractivity contribution in [1.82, 2.24) is 5.32 Å². The number of thiophene rings is 1. The average molecular weight is 314 g/mol. The van der Waals surface area contributed by atoms with Crippen LogP contribution in [0, 0.1) is 0 Å². The van der Waals surface area contributed by atoms with E-state index < -0.39 is 25.2 Å². The van der Waals surface area contributed by atoms with Crippen LogP contribution in [0.1, 0.15) is 0 Å². The highest BCUT2D eigenvalue weighted by Gasteiger charge is 2.26. The number of hydrogen-bond acceptors (Lipinski definition) is 3. The summed E-state index contributed by atoms with van der Waals surface area (Å²) in [5, 5.41) is 6.60. The third-order valence-electron chi connectivity index (χ3n) is 2.60. The molecule has 0 saturated heterocycles. The molecule has 1 heterocycles. The largest absolute Gasteiger partial charge is 0.401 e. The van der Waals surface area contributed by atoms with Gasteiger partial charge in [-0.1, -0.05) is 24.3 Å². The smallest absolute Gasteiger partial charge is 0.324 e. The summed E-state index contributed by atoms with van der Waals surface area (Å²) in [6, 6.07) is 11.0. The van der Waals surface area contributed by atoms with E-state index in [1.54, 1.807) is 12.1 Å². The Morgan fingerprint density at radius 1 is 1.14 bits per heavy atom. The van der Waals surface area contributed by atoms with Gasteiger partial charge in [0, 0.05) is 16.1 Å². The van der Waals surface area contributed by atoms with E-state index in [0.717, 1.165) is 10.4 Å². The van der Waals surface area contributed by atoms with Crippen LogP contribution in [0.5, 0.6) is 0 Å². The first kappa shape index (κ1) is 15.5. The average Bonchev–Trinajstić information content (AvgIpc) is 2.91. The lowest BCUT2D eigenvalue weighted by molar-refractivity contribution is -0.126. The van der Waals surface area contributed by atoms with Crippen LogP contribution in [0.4, 0.5) is 18.9 Å². The predicted molar refractivity (Wildman–Crippen MR) is 77.3 cm³/mol. The number of benzene rings is 1. The topological polar surface area (TPSA) is 41.1 Å². The lowest BCUT2D eigenvalue weighted by Crippen LogP contribution is -2.35. The first-order valence-electron chi connectivity index (χ1n) is 6.16. The maximum atomic E-state index is 12.0. The van der Waals surface area contributed by atoms with Gasteiger partial charge in [-0.25, -0.2) is 0 Å². The molecule has 0 saturated carbocycles. The maximum Gasteiger partial charge on any atom is 0.401 e. The van der Waals surface area contributed by atoms with Gasteiger partial charge >= 0.3 is 6.18 Å². The Morgan fingerprint density at radius 2 is 1.90 bits per heavy atom. The van der Waals surface area contributed by atoms with E-state index in [4.69, 9.17) is 0 Å². The molecule has 2 rings (SSSR count). The number of halogens is 3. The van der Waals surface area contributed by atoms with Gasteiger partial charge in [-0.2, -0.15) is 13.2 Å². The number of carbonyl (C=O) groups excluding carboxylic acids is 1. The molecule has 0 bridgehead atoms. The minimum atomic E-state index is -4.32. The molecule has 3 nitrogen and oxygen atoms in total. The fraction of sp³-hybridized carbons (Fsp3) is 0.214. The van der Waals surface area contributed by atoms with E-state index in [1.165, 1.54) is 11.3 Å². The summed E-state index contributed by atoms with van der Waals surface area (Å²) in [7, 11) is 0. The van der Waals surface area contributed by atoms with Crippen LogP contribution >= 0.6 is 11.3 Å². The zero-order valence-corrected chi connectivity index (χ0v) is 11.7. The van der Waals surface area contributed by atoms with Gasteiger partial charge in [0.2, 0.25) is 5.91 Å². The van der Waals surface area contributed by atoms with Crippen LogP contribution in [-0.2, 0) is 4.79 Å². The van der Waals surface area contributed by atoms with Gasteiger partial charge in [0.15, 0.2) is 0 Å². The highest BCUT2D eigenvalue weighted by Crippen LogP contribution is 2.31. The van der Waals surface area contributed by atoms with Crippen molar-refractivity contribution in [3.8, 4) is 10.4 Å². The van der Waals surface area contributed by atoms with Gasteiger partial charge < -0.3 is 10.6 Å². The van der Waals surface area contributed by atoms with Crippen molar-refractivity contribution in [1.29, 1.82) is 0 Å². The number of carbonyl (C=O) groups is 1. The van der Waals surface area contributed by atoms with Crippen LogP contribution < -0.4 is 10.6 Å². The van der Waals surface area contributed by atoms with E-state index in [1.807, 2.05) is 29.6 Å². The molecule has 0 radical (unpaired) electrons. The Kier molecular flexibility index (Phi) is 4.98. The molecule has 21 heavy (non-hydrogen) atoms. The highest BCUT2D eigenvalue weighted by atomic mass is 32.1. The Balaban J connectivity index is 1.99. The second kappa shape index (κ2) is 6.73. The van der Waals surface area contributed by atoms with E-state index >= 15 is 0 Å². The van der Waals surface area contributed by atoms with E-state index in [-0.39, 0.29) is 0 Å². The highest BCUT2D eigenvalue weighted by molar-refractivity contribution is 7.13. The Hall–Kier alpha value is -1.86. The van der Waals surface area contributed by atoms with Gasteiger partial charge in [-0.05, 0) is 17.5 Å². The second-order valence-electron chi connectivity index (χ2n) is 4.29. The number of para-hydroxylation sites is 1. The van der Waals surface area contributed by atoms with E-state index in [0.29, 0.717) is 5.69 Å². The quantitative estimate of drug-likeness (QED) is 0.887. The maximum absolute atomic E-state index is 12.0. The van der Waals surface area contributed by atoms with Crippen LogP contribution in [0.15, 0.2) is 41.8 Å². The number of alkyl halides is 3. The van der Waals surface area contributed by atoms with E-state index in [9.17, 15) is 18.0 Å². The molecule has 0 aliphatic heterocycles. The molecule has 0 atom stereocenters. The molecule has 2 aromatic rings. The van der Waals surface area contributed by atoms with Crippen molar-refractivity contribution >= 4 is 22.9 Å². The number of rotatable bonds is 5. The molecule has 1 amide bonds.